The normalized spacial score (nSPS) is 20.9. The molecule has 0 radical (unpaired) electrons. The van der Waals surface area contributed by atoms with Gasteiger partial charge in [0.15, 0.2) is 5.82 Å². The van der Waals surface area contributed by atoms with Crippen molar-refractivity contribution in [3.63, 3.8) is 0 Å². The van der Waals surface area contributed by atoms with Crippen molar-refractivity contribution in [1.82, 2.24) is 19.8 Å². The number of nitrogens with zero attached hydrogens (tertiary/aromatic N) is 6. The van der Waals surface area contributed by atoms with Crippen LogP contribution in [0.3, 0.4) is 0 Å². The van der Waals surface area contributed by atoms with Gasteiger partial charge in [-0.25, -0.2) is 15.0 Å². The number of ether oxygens (including phenoxy) is 1. The van der Waals surface area contributed by atoms with Crippen LogP contribution in [0.15, 0.2) is 61.4 Å². The van der Waals surface area contributed by atoms with E-state index < -0.39 is 17.8 Å². The highest BCUT2D eigenvalue weighted by molar-refractivity contribution is 6.02. The van der Waals surface area contributed by atoms with Gasteiger partial charge in [-0.1, -0.05) is 18.7 Å². The van der Waals surface area contributed by atoms with Crippen LogP contribution in [0.5, 0.6) is 5.75 Å². The number of hydrogen-bond donors (Lipinski definition) is 2. The lowest BCUT2D eigenvalue weighted by Crippen LogP contribution is -2.53. The average Bonchev–Trinajstić information content (AvgIpc) is 3.87. The maximum atomic E-state index is 13.4. The van der Waals surface area contributed by atoms with E-state index in [2.05, 4.69) is 41.9 Å². The smallest absolute Gasteiger partial charge is 0.416 e. The van der Waals surface area contributed by atoms with Gasteiger partial charge in [0.05, 0.1) is 42.4 Å². The standard InChI is InChI=1S/C36H43F3N8O3/c1-3-35(48)43-28-20-29(32(49-2)21-31(28)46-12-9-27(10-13-46)45-16-14-44(15-17-45)26-7-8-26)42-33-22-34(41-23-40-33)47-30(11-18-50-47)24-5-4-6-25(19-24)36(37,38)39/h3-6,19-23,26-27,30H,1,7-18H2,2H3,(H,43,48)(H,40,41,42)/t30-/m1/s1. The topological polar surface area (TPSA) is 98.3 Å². The van der Waals surface area contributed by atoms with Gasteiger partial charge in [-0.05, 0) is 55.5 Å². The number of benzene rings is 2. The highest BCUT2D eigenvalue weighted by Crippen LogP contribution is 2.41. The van der Waals surface area contributed by atoms with Crippen molar-refractivity contribution in [3.05, 3.63) is 72.6 Å². The molecule has 3 saturated heterocycles. The van der Waals surface area contributed by atoms with Gasteiger partial charge in [0.2, 0.25) is 5.91 Å². The van der Waals surface area contributed by atoms with Crippen molar-refractivity contribution in [2.24, 2.45) is 0 Å². The number of aromatic nitrogens is 2. The summed E-state index contributed by atoms with van der Waals surface area (Å²) >= 11 is 0. The number of carbonyl (C=O) groups is 1. The van der Waals surface area contributed by atoms with E-state index in [9.17, 15) is 18.0 Å². The molecule has 0 bridgehead atoms. The number of amides is 1. The number of nitrogens with one attached hydrogen (secondary N) is 2. The Morgan fingerprint density at radius 1 is 0.940 bits per heavy atom. The molecule has 2 aromatic carbocycles. The number of anilines is 5. The molecule has 3 aromatic rings. The Kier molecular flexibility index (Phi) is 9.84. The molecule has 11 nitrogen and oxygen atoms in total. The van der Waals surface area contributed by atoms with Crippen LogP contribution in [0.4, 0.5) is 41.9 Å². The molecule has 2 N–H and O–H groups in total. The van der Waals surface area contributed by atoms with Gasteiger partial charge in [0.1, 0.15) is 17.9 Å². The first kappa shape index (κ1) is 34.1. The first-order chi connectivity index (χ1) is 24.2. The van der Waals surface area contributed by atoms with Gasteiger partial charge in [0, 0.05) is 69.9 Å². The number of alkyl halides is 3. The van der Waals surface area contributed by atoms with Crippen LogP contribution in [0.2, 0.25) is 0 Å². The van der Waals surface area contributed by atoms with E-state index in [4.69, 9.17) is 9.57 Å². The lowest BCUT2D eigenvalue weighted by molar-refractivity contribution is -0.137. The van der Waals surface area contributed by atoms with Crippen LogP contribution in [0.1, 0.15) is 49.3 Å². The lowest BCUT2D eigenvalue weighted by atomic mass is 10.0. The van der Waals surface area contributed by atoms with E-state index in [1.165, 1.54) is 36.4 Å². The number of hydroxylamine groups is 1. The summed E-state index contributed by atoms with van der Waals surface area (Å²) in [6, 6.07) is 11.6. The molecular weight excluding hydrogens is 649 g/mol. The van der Waals surface area contributed by atoms with Crippen molar-refractivity contribution in [3.8, 4) is 5.75 Å². The largest absolute Gasteiger partial charge is 0.494 e. The summed E-state index contributed by atoms with van der Waals surface area (Å²) in [6.07, 6.45) is 3.40. The molecular formula is C36H43F3N8O3. The van der Waals surface area contributed by atoms with E-state index in [0.717, 1.165) is 76.0 Å². The molecule has 4 heterocycles. The Bertz CT molecular complexity index is 1690. The maximum absolute atomic E-state index is 13.4. The number of rotatable bonds is 10. The molecule has 50 heavy (non-hydrogen) atoms. The first-order valence-electron chi connectivity index (χ1n) is 17.3. The van der Waals surface area contributed by atoms with E-state index in [-0.39, 0.29) is 5.91 Å². The molecule has 0 unspecified atom stereocenters. The number of carbonyl (C=O) groups excluding carboxylic acids is 1. The third-order valence-corrected chi connectivity index (χ3v) is 10.1. The fraction of sp³-hybridized carbons (Fsp3) is 0.472. The van der Waals surface area contributed by atoms with Crippen molar-refractivity contribution in [1.29, 1.82) is 0 Å². The van der Waals surface area contributed by atoms with Gasteiger partial charge in [-0.3, -0.25) is 19.4 Å². The van der Waals surface area contributed by atoms with Crippen LogP contribution in [0, 0.1) is 0 Å². The van der Waals surface area contributed by atoms with Crippen molar-refractivity contribution in [2.45, 2.75) is 56.4 Å². The second-order valence-corrected chi connectivity index (χ2v) is 13.3. The Balaban J connectivity index is 1.08. The SMILES string of the molecule is C=CC(=O)Nc1cc(Nc2cc(N3OCC[C@@H]3c3cccc(C(F)(F)F)c3)ncn2)c(OC)cc1N1CCC(N2CCN(C3CC3)CC2)CC1. The summed E-state index contributed by atoms with van der Waals surface area (Å²) in [5, 5.41) is 7.78. The number of halogens is 3. The van der Waals surface area contributed by atoms with Crippen molar-refractivity contribution >= 4 is 34.6 Å². The molecule has 7 rings (SSSR count). The van der Waals surface area contributed by atoms with Crippen molar-refractivity contribution < 1.29 is 27.5 Å². The summed E-state index contributed by atoms with van der Waals surface area (Å²) in [5.74, 6) is 1.01. The highest BCUT2D eigenvalue weighted by atomic mass is 19.4. The molecule has 0 spiro atoms. The summed E-state index contributed by atoms with van der Waals surface area (Å²) in [4.78, 5) is 34.8. The molecule has 1 saturated carbocycles. The summed E-state index contributed by atoms with van der Waals surface area (Å²) in [6.45, 7) is 10.2. The lowest BCUT2D eigenvalue weighted by Gasteiger charge is -2.43. The summed E-state index contributed by atoms with van der Waals surface area (Å²) in [7, 11) is 1.59. The molecule has 1 aromatic heterocycles. The van der Waals surface area contributed by atoms with Gasteiger partial charge < -0.3 is 20.3 Å². The van der Waals surface area contributed by atoms with E-state index in [1.54, 1.807) is 19.2 Å². The monoisotopic (exact) mass is 692 g/mol. The zero-order chi connectivity index (χ0) is 34.8. The third-order valence-electron chi connectivity index (χ3n) is 10.1. The molecule has 266 valence electrons. The quantitative estimate of drug-likeness (QED) is 0.246. The number of hydrogen-bond acceptors (Lipinski definition) is 10. The Labute approximate surface area is 290 Å². The number of methoxy groups -OCH3 is 1. The van der Waals surface area contributed by atoms with E-state index in [0.29, 0.717) is 53.4 Å². The third kappa shape index (κ3) is 7.52. The zero-order valence-corrected chi connectivity index (χ0v) is 28.2. The van der Waals surface area contributed by atoms with Crippen molar-refractivity contribution in [2.75, 3.05) is 73.6 Å². The van der Waals surface area contributed by atoms with E-state index in [1.807, 2.05) is 12.1 Å². The van der Waals surface area contributed by atoms with Crippen LogP contribution in [-0.4, -0.2) is 90.7 Å². The van der Waals surface area contributed by atoms with Gasteiger partial charge in [-0.2, -0.15) is 13.2 Å². The number of piperazine rings is 1. The van der Waals surface area contributed by atoms with Crippen LogP contribution >= 0.6 is 0 Å². The van der Waals surface area contributed by atoms with Gasteiger partial charge in [0.25, 0.3) is 0 Å². The van der Waals surface area contributed by atoms with Gasteiger partial charge >= 0.3 is 6.18 Å². The molecule has 1 amide bonds. The average molecular weight is 693 g/mol. The minimum absolute atomic E-state index is 0.323. The zero-order valence-electron chi connectivity index (χ0n) is 28.2. The minimum atomic E-state index is -4.45. The Hall–Kier alpha value is -4.40. The second-order valence-electron chi connectivity index (χ2n) is 13.3. The molecule has 14 heteroatoms. The minimum Gasteiger partial charge on any atom is -0.494 e. The van der Waals surface area contributed by atoms with Crippen LogP contribution < -0.4 is 25.3 Å². The predicted molar refractivity (Wildman–Crippen MR) is 186 cm³/mol. The second kappa shape index (κ2) is 14.4. The fourth-order valence-corrected chi connectivity index (χ4v) is 7.35. The van der Waals surface area contributed by atoms with Gasteiger partial charge in [-0.15, -0.1) is 0 Å². The molecule has 3 aliphatic heterocycles. The Morgan fingerprint density at radius 3 is 2.32 bits per heavy atom. The maximum Gasteiger partial charge on any atom is 0.416 e. The summed E-state index contributed by atoms with van der Waals surface area (Å²) in [5.41, 5.74) is 1.79. The highest BCUT2D eigenvalue weighted by Gasteiger charge is 2.36. The number of piperidine rings is 1. The molecule has 4 aliphatic rings. The molecule has 4 fully saturated rings. The fourth-order valence-electron chi connectivity index (χ4n) is 7.35. The first-order valence-corrected chi connectivity index (χ1v) is 17.3. The van der Waals surface area contributed by atoms with E-state index >= 15 is 0 Å². The van der Waals surface area contributed by atoms with Crippen LogP contribution in [0.25, 0.3) is 0 Å². The summed E-state index contributed by atoms with van der Waals surface area (Å²) < 4.78 is 46.2. The molecule has 1 atom stereocenters. The Morgan fingerprint density at radius 2 is 1.66 bits per heavy atom. The van der Waals surface area contributed by atoms with Crippen LogP contribution in [-0.2, 0) is 15.8 Å². The predicted octanol–water partition coefficient (Wildman–Crippen LogP) is 6.00. The molecule has 1 aliphatic carbocycles.